The number of rotatable bonds is 12. The molecular formula is C27H29N3O6. The van der Waals surface area contributed by atoms with Crippen molar-refractivity contribution < 1.29 is 23.9 Å². The lowest BCUT2D eigenvalue weighted by atomic mass is 10.0. The smallest absolute Gasteiger partial charge is 0.282 e. The molecule has 3 aromatic carbocycles. The Labute approximate surface area is 209 Å². The van der Waals surface area contributed by atoms with Crippen LogP contribution in [0.5, 0.6) is 17.2 Å². The summed E-state index contributed by atoms with van der Waals surface area (Å²) in [6.45, 7) is 2.23. The van der Waals surface area contributed by atoms with Crippen molar-refractivity contribution in [2.24, 2.45) is 5.10 Å². The monoisotopic (exact) mass is 491 g/mol. The van der Waals surface area contributed by atoms with Gasteiger partial charge in [-0.05, 0) is 54.7 Å². The summed E-state index contributed by atoms with van der Waals surface area (Å²) in [7, 11) is 3.07. The molecule has 9 heteroatoms. The Hall–Kier alpha value is -4.40. The Balaban J connectivity index is 1.60. The molecule has 3 rings (SSSR count). The van der Waals surface area contributed by atoms with Crippen LogP contribution < -0.4 is 19.6 Å². The van der Waals surface area contributed by atoms with Crippen LogP contribution in [0.2, 0.25) is 0 Å². The molecule has 0 spiro atoms. The highest BCUT2D eigenvalue weighted by Crippen LogP contribution is 2.34. The highest BCUT2D eigenvalue weighted by Gasteiger charge is 2.19. The van der Waals surface area contributed by atoms with Crippen molar-refractivity contribution in [1.29, 1.82) is 0 Å². The van der Waals surface area contributed by atoms with E-state index in [-0.39, 0.29) is 35.9 Å². The Bertz CT molecular complexity index is 1230. The Morgan fingerprint density at radius 2 is 1.83 bits per heavy atom. The van der Waals surface area contributed by atoms with Gasteiger partial charge in [0.05, 0.1) is 37.0 Å². The van der Waals surface area contributed by atoms with E-state index in [1.807, 2.05) is 55.5 Å². The van der Waals surface area contributed by atoms with E-state index in [0.29, 0.717) is 12.2 Å². The third-order valence-corrected chi connectivity index (χ3v) is 5.54. The number of hydrogen-bond acceptors (Lipinski definition) is 7. The van der Waals surface area contributed by atoms with E-state index < -0.39 is 4.92 Å². The Morgan fingerprint density at radius 3 is 2.50 bits per heavy atom. The average Bonchev–Trinajstić information content (AvgIpc) is 2.88. The summed E-state index contributed by atoms with van der Waals surface area (Å²) in [4.78, 5) is 23.3. The number of aryl methyl sites for hydroxylation is 2. The number of nitrogens with one attached hydrogen (secondary N) is 1. The lowest BCUT2D eigenvalue weighted by Crippen LogP contribution is -2.17. The van der Waals surface area contributed by atoms with Gasteiger partial charge in [-0.1, -0.05) is 36.4 Å². The number of carbonyl (C=O) groups excluding carboxylic acids is 1. The fourth-order valence-electron chi connectivity index (χ4n) is 3.58. The first kappa shape index (κ1) is 26.2. The van der Waals surface area contributed by atoms with Crippen molar-refractivity contribution in [3.05, 3.63) is 93.0 Å². The van der Waals surface area contributed by atoms with E-state index in [1.54, 1.807) is 7.11 Å². The van der Waals surface area contributed by atoms with Gasteiger partial charge in [0, 0.05) is 6.42 Å². The number of nitro benzene ring substituents is 1. The molecule has 0 aliphatic heterocycles. The minimum Gasteiger partial charge on any atom is -0.497 e. The lowest BCUT2D eigenvalue weighted by Gasteiger charge is -2.12. The standard InChI is InChI=1S/C27H29N3O6/c1-19-14-23(34-2)13-12-21(19)10-7-11-27(31)29-28-17-22-15-25(35-3)26(16-24(22)30(32)33)36-18-20-8-5-4-6-9-20/h4-6,8-9,12-17H,7,10-11,18H2,1-3H3,(H,29,31)/b28-17-. The summed E-state index contributed by atoms with van der Waals surface area (Å²) < 4.78 is 16.3. The molecule has 1 N–H and O–H groups in total. The first-order chi connectivity index (χ1) is 17.4. The van der Waals surface area contributed by atoms with Crippen LogP contribution in [0.25, 0.3) is 0 Å². The van der Waals surface area contributed by atoms with Gasteiger partial charge in [-0.2, -0.15) is 5.10 Å². The molecule has 3 aromatic rings. The zero-order chi connectivity index (χ0) is 25.9. The second-order valence-electron chi connectivity index (χ2n) is 8.03. The van der Waals surface area contributed by atoms with Crippen molar-refractivity contribution in [3.8, 4) is 17.2 Å². The van der Waals surface area contributed by atoms with Crippen molar-refractivity contribution in [1.82, 2.24) is 5.43 Å². The van der Waals surface area contributed by atoms with Crippen LogP contribution in [-0.4, -0.2) is 31.3 Å². The number of carbonyl (C=O) groups is 1. The topological polar surface area (TPSA) is 112 Å². The van der Waals surface area contributed by atoms with E-state index >= 15 is 0 Å². The van der Waals surface area contributed by atoms with Gasteiger partial charge in [-0.15, -0.1) is 0 Å². The van der Waals surface area contributed by atoms with Gasteiger partial charge in [0.2, 0.25) is 5.91 Å². The number of benzene rings is 3. The first-order valence-electron chi connectivity index (χ1n) is 11.4. The SMILES string of the molecule is COc1ccc(CCCC(=O)N/N=C\c2cc(OC)c(OCc3ccccc3)cc2[N+](=O)[O-])c(C)c1. The summed E-state index contributed by atoms with van der Waals surface area (Å²) in [5.74, 6) is 1.07. The maximum atomic E-state index is 12.2. The molecule has 9 nitrogen and oxygen atoms in total. The van der Waals surface area contributed by atoms with Gasteiger partial charge in [-0.25, -0.2) is 5.43 Å². The maximum Gasteiger partial charge on any atom is 0.282 e. The predicted octanol–water partition coefficient (Wildman–Crippen LogP) is 4.97. The second-order valence-corrected chi connectivity index (χ2v) is 8.03. The van der Waals surface area contributed by atoms with Crippen LogP contribution in [0.4, 0.5) is 5.69 Å². The van der Waals surface area contributed by atoms with Crippen LogP contribution in [-0.2, 0) is 17.8 Å². The minimum absolute atomic E-state index is 0.179. The van der Waals surface area contributed by atoms with Gasteiger partial charge in [0.1, 0.15) is 12.4 Å². The number of ether oxygens (including phenoxy) is 3. The van der Waals surface area contributed by atoms with Crippen molar-refractivity contribution in [2.45, 2.75) is 32.8 Å². The van der Waals surface area contributed by atoms with E-state index in [4.69, 9.17) is 14.2 Å². The molecular weight excluding hydrogens is 462 g/mol. The van der Waals surface area contributed by atoms with Crippen molar-refractivity contribution in [3.63, 3.8) is 0 Å². The number of amides is 1. The number of hydrogen-bond donors (Lipinski definition) is 1. The number of nitrogens with zero attached hydrogens (tertiary/aromatic N) is 2. The van der Waals surface area contributed by atoms with Gasteiger partial charge < -0.3 is 14.2 Å². The fraction of sp³-hybridized carbons (Fsp3) is 0.259. The largest absolute Gasteiger partial charge is 0.497 e. The Morgan fingerprint density at radius 1 is 1.06 bits per heavy atom. The zero-order valence-corrected chi connectivity index (χ0v) is 20.5. The molecule has 0 fully saturated rings. The summed E-state index contributed by atoms with van der Waals surface area (Å²) >= 11 is 0. The van der Waals surface area contributed by atoms with E-state index in [0.717, 1.165) is 28.9 Å². The normalized spacial score (nSPS) is 10.8. The summed E-state index contributed by atoms with van der Waals surface area (Å²) in [6, 6.07) is 18.0. The molecule has 0 radical (unpaired) electrons. The lowest BCUT2D eigenvalue weighted by molar-refractivity contribution is -0.385. The Kier molecular flexibility index (Phi) is 9.39. The maximum absolute atomic E-state index is 12.2. The molecule has 0 aromatic heterocycles. The van der Waals surface area contributed by atoms with E-state index in [2.05, 4.69) is 10.5 Å². The van der Waals surface area contributed by atoms with Crippen LogP contribution >= 0.6 is 0 Å². The fourth-order valence-corrected chi connectivity index (χ4v) is 3.58. The van der Waals surface area contributed by atoms with E-state index in [1.165, 1.54) is 25.5 Å². The molecule has 0 atom stereocenters. The van der Waals surface area contributed by atoms with Gasteiger partial charge >= 0.3 is 0 Å². The molecule has 0 saturated heterocycles. The molecule has 1 amide bonds. The number of nitro groups is 1. The minimum atomic E-state index is -0.533. The summed E-state index contributed by atoms with van der Waals surface area (Å²) in [6.07, 6.45) is 2.86. The van der Waals surface area contributed by atoms with Gasteiger partial charge in [0.15, 0.2) is 11.5 Å². The quantitative estimate of drug-likeness (QED) is 0.217. The number of methoxy groups -OCH3 is 2. The van der Waals surface area contributed by atoms with Gasteiger partial charge in [0.25, 0.3) is 5.69 Å². The van der Waals surface area contributed by atoms with Crippen LogP contribution in [0, 0.1) is 17.0 Å². The van der Waals surface area contributed by atoms with Crippen LogP contribution in [0.1, 0.15) is 35.1 Å². The highest BCUT2D eigenvalue weighted by molar-refractivity contribution is 5.88. The summed E-state index contributed by atoms with van der Waals surface area (Å²) in [5.41, 5.74) is 5.55. The predicted molar refractivity (Wildman–Crippen MR) is 137 cm³/mol. The van der Waals surface area contributed by atoms with E-state index in [9.17, 15) is 14.9 Å². The van der Waals surface area contributed by atoms with Crippen molar-refractivity contribution in [2.75, 3.05) is 14.2 Å². The molecule has 0 unspecified atom stereocenters. The molecule has 0 heterocycles. The third-order valence-electron chi connectivity index (χ3n) is 5.54. The summed E-state index contributed by atoms with van der Waals surface area (Å²) in [5, 5.41) is 15.5. The van der Waals surface area contributed by atoms with Crippen LogP contribution in [0.15, 0.2) is 65.8 Å². The molecule has 0 saturated carbocycles. The van der Waals surface area contributed by atoms with Crippen molar-refractivity contribution >= 4 is 17.8 Å². The van der Waals surface area contributed by atoms with Gasteiger partial charge in [-0.3, -0.25) is 14.9 Å². The highest BCUT2D eigenvalue weighted by atomic mass is 16.6. The molecule has 0 aliphatic rings. The molecule has 36 heavy (non-hydrogen) atoms. The second kappa shape index (κ2) is 12.9. The number of hydrazone groups is 1. The molecule has 0 bridgehead atoms. The third kappa shape index (κ3) is 7.30. The zero-order valence-electron chi connectivity index (χ0n) is 20.5. The molecule has 188 valence electrons. The average molecular weight is 492 g/mol. The molecule has 0 aliphatic carbocycles. The first-order valence-corrected chi connectivity index (χ1v) is 11.4. The van der Waals surface area contributed by atoms with Crippen LogP contribution in [0.3, 0.4) is 0 Å².